The van der Waals surface area contributed by atoms with Crippen molar-refractivity contribution in [2.75, 3.05) is 6.67 Å². The molecule has 0 aromatic carbocycles. The van der Waals surface area contributed by atoms with E-state index >= 15 is 0 Å². The third kappa shape index (κ3) is 9.60. The van der Waals surface area contributed by atoms with Crippen LogP contribution in [0.2, 0.25) is 0 Å². The number of hydrogen-bond donors (Lipinski definition) is 0. The molecule has 2 heteroatoms. The van der Waals surface area contributed by atoms with Crippen LogP contribution in [0.4, 0.5) is 8.78 Å². The smallest absolute Gasteiger partial charge is 0.0894 e. The quantitative estimate of drug-likeness (QED) is 0.500. The van der Waals surface area contributed by atoms with Gasteiger partial charge in [-0.3, -0.25) is 4.39 Å². The van der Waals surface area contributed by atoms with Gasteiger partial charge in [0.2, 0.25) is 0 Å². The largest absolute Gasteiger partial charge is 0.251 e. The molecule has 0 radical (unpaired) electrons. The highest BCUT2D eigenvalue weighted by atomic mass is 19.1. The highest BCUT2D eigenvalue weighted by molar-refractivity contribution is 4.71. The third-order valence-corrected chi connectivity index (χ3v) is 1.59. The lowest BCUT2D eigenvalue weighted by Gasteiger charge is -1.95. The maximum Gasteiger partial charge on any atom is 0.0894 e. The molecule has 0 N–H and O–H groups in total. The molecule has 66 valence electrons. The van der Waals surface area contributed by atoms with Crippen LogP contribution in [-0.4, -0.2) is 6.67 Å². The first-order valence-corrected chi connectivity index (χ1v) is 4.23. The standard InChI is InChI=1S/C9H16F2/c10-8-6-4-2-1-3-5-7-9-11/h6,8H,1-5,7,9H2. The van der Waals surface area contributed by atoms with E-state index in [1.54, 1.807) is 0 Å². The summed E-state index contributed by atoms with van der Waals surface area (Å²) in [6.07, 6.45) is 7.75. The van der Waals surface area contributed by atoms with E-state index in [9.17, 15) is 8.78 Å². The molecule has 0 aliphatic rings. The second-order valence-corrected chi connectivity index (χ2v) is 2.61. The lowest BCUT2D eigenvalue weighted by molar-refractivity contribution is 0.451. The summed E-state index contributed by atoms with van der Waals surface area (Å²) in [5, 5.41) is 0. The summed E-state index contributed by atoms with van der Waals surface area (Å²) in [4.78, 5) is 0. The molecule has 0 aromatic rings. The fraction of sp³-hybridized carbons (Fsp3) is 0.778. The van der Waals surface area contributed by atoms with Gasteiger partial charge in [0.1, 0.15) is 0 Å². The highest BCUT2D eigenvalue weighted by Gasteiger charge is 1.88. The average molecular weight is 162 g/mol. The Labute approximate surface area is 67.3 Å². The summed E-state index contributed by atoms with van der Waals surface area (Å²) < 4.78 is 23.0. The van der Waals surface area contributed by atoms with Crippen LogP contribution in [0.5, 0.6) is 0 Å². The number of alkyl halides is 1. The molecule has 0 heterocycles. The van der Waals surface area contributed by atoms with E-state index in [0.717, 1.165) is 32.1 Å². The minimum atomic E-state index is -0.204. The number of rotatable bonds is 7. The first kappa shape index (κ1) is 10.6. The second-order valence-electron chi connectivity index (χ2n) is 2.61. The van der Waals surface area contributed by atoms with Crippen molar-refractivity contribution in [2.24, 2.45) is 0 Å². The van der Waals surface area contributed by atoms with Gasteiger partial charge in [-0.25, -0.2) is 4.39 Å². The molecule has 0 aliphatic carbocycles. The normalized spacial score (nSPS) is 11.1. The minimum absolute atomic E-state index is 0.204. The fourth-order valence-corrected chi connectivity index (χ4v) is 0.950. The Bertz CT molecular complexity index is 89.6. The van der Waals surface area contributed by atoms with Crippen molar-refractivity contribution in [3.8, 4) is 0 Å². The summed E-state index contributed by atoms with van der Waals surface area (Å²) >= 11 is 0. The Balaban J connectivity index is 2.79. The molecule has 0 amide bonds. The van der Waals surface area contributed by atoms with E-state index in [4.69, 9.17) is 0 Å². The number of halogens is 2. The van der Waals surface area contributed by atoms with Crippen molar-refractivity contribution in [1.29, 1.82) is 0 Å². The van der Waals surface area contributed by atoms with Crippen molar-refractivity contribution >= 4 is 0 Å². The molecule has 0 fully saturated rings. The summed E-state index contributed by atoms with van der Waals surface area (Å²) in [6, 6.07) is 0. The monoisotopic (exact) mass is 162 g/mol. The maximum absolute atomic E-state index is 11.6. The Morgan fingerprint density at radius 3 is 2.18 bits per heavy atom. The van der Waals surface area contributed by atoms with Crippen LogP contribution in [0.15, 0.2) is 12.4 Å². The summed E-state index contributed by atoms with van der Waals surface area (Å²) in [5.41, 5.74) is 0. The number of allylic oxidation sites excluding steroid dienone is 1. The minimum Gasteiger partial charge on any atom is -0.251 e. The Morgan fingerprint density at radius 2 is 1.55 bits per heavy atom. The van der Waals surface area contributed by atoms with Gasteiger partial charge in [-0.2, -0.15) is 0 Å². The van der Waals surface area contributed by atoms with Gasteiger partial charge in [-0.15, -0.1) is 0 Å². The van der Waals surface area contributed by atoms with Gasteiger partial charge >= 0.3 is 0 Å². The molecule has 0 aromatic heterocycles. The molecular weight excluding hydrogens is 146 g/mol. The van der Waals surface area contributed by atoms with Gasteiger partial charge in [-0.05, 0) is 19.3 Å². The average Bonchev–Trinajstić information content (AvgIpc) is 2.03. The van der Waals surface area contributed by atoms with E-state index in [2.05, 4.69) is 0 Å². The van der Waals surface area contributed by atoms with Crippen molar-refractivity contribution in [1.82, 2.24) is 0 Å². The van der Waals surface area contributed by atoms with Crippen LogP contribution >= 0.6 is 0 Å². The lowest BCUT2D eigenvalue weighted by Crippen LogP contribution is -1.79. The molecular formula is C9H16F2. The van der Waals surface area contributed by atoms with Crippen molar-refractivity contribution in [3.05, 3.63) is 12.4 Å². The van der Waals surface area contributed by atoms with E-state index in [1.165, 1.54) is 6.08 Å². The molecule has 0 nitrogen and oxygen atoms in total. The topological polar surface area (TPSA) is 0 Å². The molecule has 0 spiro atoms. The van der Waals surface area contributed by atoms with Crippen LogP contribution in [0.1, 0.15) is 38.5 Å². The van der Waals surface area contributed by atoms with Gasteiger partial charge in [-0.1, -0.05) is 25.3 Å². The van der Waals surface area contributed by atoms with Gasteiger partial charge in [0.25, 0.3) is 0 Å². The Kier molecular flexibility index (Phi) is 9.25. The van der Waals surface area contributed by atoms with Crippen molar-refractivity contribution in [3.63, 3.8) is 0 Å². The Hall–Kier alpha value is -0.400. The predicted octanol–water partition coefficient (Wildman–Crippen LogP) is 3.78. The predicted molar refractivity (Wildman–Crippen MR) is 43.9 cm³/mol. The molecule has 0 bridgehead atoms. The van der Waals surface area contributed by atoms with Crippen LogP contribution in [0.3, 0.4) is 0 Å². The molecule has 11 heavy (non-hydrogen) atoms. The molecule has 0 saturated heterocycles. The van der Waals surface area contributed by atoms with Gasteiger partial charge in [0.05, 0.1) is 13.0 Å². The van der Waals surface area contributed by atoms with Crippen LogP contribution in [-0.2, 0) is 0 Å². The molecule has 0 atom stereocenters. The van der Waals surface area contributed by atoms with Crippen LogP contribution in [0, 0.1) is 0 Å². The maximum atomic E-state index is 11.6. The van der Waals surface area contributed by atoms with E-state index in [1.807, 2.05) is 0 Å². The Morgan fingerprint density at radius 1 is 0.909 bits per heavy atom. The van der Waals surface area contributed by atoms with Crippen LogP contribution in [0.25, 0.3) is 0 Å². The number of unbranched alkanes of at least 4 members (excludes halogenated alkanes) is 5. The number of hydrogen-bond acceptors (Lipinski definition) is 0. The van der Waals surface area contributed by atoms with Crippen molar-refractivity contribution in [2.45, 2.75) is 38.5 Å². The van der Waals surface area contributed by atoms with E-state index < -0.39 is 0 Å². The summed E-state index contributed by atoms with van der Waals surface area (Å²) in [6.45, 7) is -0.204. The fourth-order valence-electron chi connectivity index (χ4n) is 0.950. The molecule has 0 saturated carbocycles. The summed E-state index contributed by atoms with van der Waals surface area (Å²) in [5.74, 6) is 0. The first-order valence-electron chi connectivity index (χ1n) is 4.23. The zero-order valence-electron chi connectivity index (χ0n) is 6.86. The third-order valence-electron chi connectivity index (χ3n) is 1.59. The zero-order valence-corrected chi connectivity index (χ0v) is 6.86. The summed E-state index contributed by atoms with van der Waals surface area (Å²) in [7, 11) is 0. The zero-order chi connectivity index (χ0) is 8.36. The molecule has 0 aliphatic heterocycles. The van der Waals surface area contributed by atoms with Crippen molar-refractivity contribution < 1.29 is 8.78 Å². The van der Waals surface area contributed by atoms with E-state index in [-0.39, 0.29) is 6.67 Å². The SMILES string of the molecule is FC=CCCCCCCCF. The molecule has 0 rings (SSSR count). The van der Waals surface area contributed by atoms with Crippen LogP contribution < -0.4 is 0 Å². The highest BCUT2D eigenvalue weighted by Crippen LogP contribution is 2.05. The first-order chi connectivity index (χ1) is 5.41. The van der Waals surface area contributed by atoms with Gasteiger partial charge in [0, 0.05) is 0 Å². The molecule has 0 unspecified atom stereocenters. The lowest BCUT2D eigenvalue weighted by atomic mass is 10.1. The van der Waals surface area contributed by atoms with Gasteiger partial charge in [0.15, 0.2) is 0 Å². The van der Waals surface area contributed by atoms with Gasteiger partial charge < -0.3 is 0 Å². The van der Waals surface area contributed by atoms with E-state index in [0.29, 0.717) is 12.8 Å². The second kappa shape index (κ2) is 9.60.